The molecule has 0 N–H and O–H groups in total. The zero-order valence-electron chi connectivity index (χ0n) is 18.2. The fourth-order valence-corrected chi connectivity index (χ4v) is 5.14. The molecule has 4 nitrogen and oxygen atoms in total. The van der Waals surface area contributed by atoms with Gasteiger partial charge in [0.1, 0.15) is 17.9 Å². The Bertz CT molecular complexity index is 1840. The van der Waals surface area contributed by atoms with Crippen molar-refractivity contribution in [2.75, 3.05) is 0 Å². The molecular weight excluding hydrogens is 418 g/mol. The van der Waals surface area contributed by atoms with Gasteiger partial charge in [0.2, 0.25) is 0 Å². The third kappa shape index (κ3) is 2.60. The van der Waals surface area contributed by atoms with Crippen molar-refractivity contribution in [2.45, 2.75) is 0 Å². The van der Waals surface area contributed by atoms with Gasteiger partial charge < -0.3 is 0 Å². The quantitative estimate of drug-likeness (QED) is 0.277. The molecule has 0 fully saturated rings. The van der Waals surface area contributed by atoms with Crippen molar-refractivity contribution in [3.05, 3.63) is 115 Å². The smallest absolute Gasteiger partial charge is 0.150 e. The SMILES string of the molecule is O=Cc1ccc2c(c1)c1ccccc1n2-c1cccc(-n2c3ccccc3c3ccccc32)n1. The van der Waals surface area contributed by atoms with E-state index in [1.54, 1.807) is 0 Å². The van der Waals surface area contributed by atoms with E-state index in [1.807, 2.05) is 36.4 Å². The Hall–Kier alpha value is -4.70. The Morgan fingerprint density at radius 2 is 0.971 bits per heavy atom. The second-order valence-corrected chi connectivity index (χ2v) is 8.47. The number of benzene rings is 4. The van der Waals surface area contributed by atoms with E-state index >= 15 is 0 Å². The van der Waals surface area contributed by atoms with Gasteiger partial charge in [-0.1, -0.05) is 60.7 Å². The molecule has 0 bridgehead atoms. The summed E-state index contributed by atoms with van der Waals surface area (Å²) in [5.41, 5.74) is 5.02. The average Bonchev–Trinajstić information content (AvgIpc) is 3.41. The summed E-state index contributed by atoms with van der Waals surface area (Å²) in [5.74, 6) is 1.70. The molecule has 34 heavy (non-hydrogen) atoms. The molecule has 0 unspecified atom stereocenters. The Morgan fingerprint density at radius 1 is 0.500 bits per heavy atom. The molecular formula is C30H19N3O. The minimum absolute atomic E-state index is 0.669. The van der Waals surface area contributed by atoms with Crippen LogP contribution in [0.4, 0.5) is 0 Å². The van der Waals surface area contributed by atoms with E-state index in [0.29, 0.717) is 5.56 Å². The third-order valence-corrected chi connectivity index (χ3v) is 6.59. The van der Waals surface area contributed by atoms with Gasteiger partial charge in [-0.3, -0.25) is 13.9 Å². The molecule has 0 spiro atoms. The number of hydrogen-bond acceptors (Lipinski definition) is 2. The molecule has 0 aliphatic rings. The molecule has 4 heteroatoms. The van der Waals surface area contributed by atoms with Gasteiger partial charge in [-0.05, 0) is 48.5 Å². The molecule has 0 radical (unpaired) electrons. The van der Waals surface area contributed by atoms with Crippen LogP contribution < -0.4 is 0 Å². The van der Waals surface area contributed by atoms with Gasteiger partial charge in [0.05, 0.1) is 22.1 Å². The van der Waals surface area contributed by atoms with Crippen LogP contribution in [0.1, 0.15) is 10.4 Å². The van der Waals surface area contributed by atoms with E-state index < -0.39 is 0 Å². The lowest BCUT2D eigenvalue weighted by Crippen LogP contribution is -2.03. The predicted molar refractivity (Wildman–Crippen MR) is 138 cm³/mol. The number of carbonyl (C=O) groups is 1. The number of hydrogen-bond donors (Lipinski definition) is 0. The molecule has 0 aliphatic heterocycles. The van der Waals surface area contributed by atoms with Crippen molar-refractivity contribution >= 4 is 49.9 Å². The average molecular weight is 438 g/mol. The van der Waals surface area contributed by atoms with E-state index in [-0.39, 0.29) is 0 Å². The lowest BCUT2D eigenvalue weighted by molar-refractivity contribution is 0.112. The van der Waals surface area contributed by atoms with Crippen molar-refractivity contribution in [3.63, 3.8) is 0 Å². The van der Waals surface area contributed by atoms with Gasteiger partial charge in [0.15, 0.2) is 0 Å². The van der Waals surface area contributed by atoms with E-state index in [1.165, 1.54) is 10.8 Å². The first-order chi connectivity index (χ1) is 16.8. The van der Waals surface area contributed by atoms with Crippen molar-refractivity contribution in [2.24, 2.45) is 0 Å². The molecule has 7 aromatic rings. The highest BCUT2D eigenvalue weighted by Gasteiger charge is 2.16. The summed E-state index contributed by atoms with van der Waals surface area (Å²) in [6.45, 7) is 0. The lowest BCUT2D eigenvalue weighted by atomic mass is 10.1. The molecule has 0 amide bonds. The maximum absolute atomic E-state index is 11.4. The van der Waals surface area contributed by atoms with Crippen LogP contribution in [-0.2, 0) is 0 Å². The van der Waals surface area contributed by atoms with Crippen molar-refractivity contribution in [1.82, 2.24) is 14.1 Å². The maximum atomic E-state index is 11.4. The first-order valence-corrected chi connectivity index (χ1v) is 11.3. The number of pyridine rings is 1. The highest BCUT2D eigenvalue weighted by molar-refractivity contribution is 6.11. The van der Waals surface area contributed by atoms with Gasteiger partial charge >= 0.3 is 0 Å². The van der Waals surface area contributed by atoms with Gasteiger partial charge in [-0.2, -0.15) is 0 Å². The van der Waals surface area contributed by atoms with Gasteiger partial charge in [0, 0.05) is 27.1 Å². The molecule has 3 aromatic heterocycles. The first kappa shape index (κ1) is 18.8. The number of rotatable bonds is 3. The fourth-order valence-electron chi connectivity index (χ4n) is 5.14. The number of para-hydroxylation sites is 3. The van der Waals surface area contributed by atoms with E-state index in [4.69, 9.17) is 4.98 Å². The topological polar surface area (TPSA) is 39.8 Å². The minimum Gasteiger partial charge on any atom is -0.298 e. The predicted octanol–water partition coefficient (Wildman–Crippen LogP) is 7.09. The van der Waals surface area contributed by atoms with Crippen molar-refractivity contribution in [1.29, 1.82) is 0 Å². The van der Waals surface area contributed by atoms with Crippen molar-refractivity contribution in [3.8, 4) is 11.6 Å². The van der Waals surface area contributed by atoms with Crippen LogP contribution in [-0.4, -0.2) is 20.4 Å². The van der Waals surface area contributed by atoms with E-state index in [0.717, 1.165) is 50.8 Å². The van der Waals surface area contributed by atoms with Crippen LogP contribution in [0.5, 0.6) is 0 Å². The number of nitrogens with zero attached hydrogens (tertiary/aromatic N) is 3. The van der Waals surface area contributed by atoms with Crippen LogP contribution in [0.25, 0.3) is 55.2 Å². The molecule has 0 atom stereocenters. The fraction of sp³-hybridized carbons (Fsp3) is 0. The zero-order chi connectivity index (χ0) is 22.6. The van der Waals surface area contributed by atoms with E-state index in [9.17, 15) is 4.79 Å². The molecule has 7 rings (SSSR count). The van der Waals surface area contributed by atoms with Crippen LogP contribution in [0, 0.1) is 0 Å². The monoisotopic (exact) mass is 437 g/mol. The van der Waals surface area contributed by atoms with Crippen LogP contribution in [0.2, 0.25) is 0 Å². The zero-order valence-corrected chi connectivity index (χ0v) is 18.2. The number of carbonyl (C=O) groups excluding carboxylic acids is 1. The summed E-state index contributed by atoms with van der Waals surface area (Å²) < 4.78 is 4.41. The van der Waals surface area contributed by atoms with Gasteiger partial charge in [-0.15, -0.1) is 0 Å². The summed E-state index contributed by atoms with van der Waals surface area (Å²) in [5, 5.41) is 4.57. The Labute approximate surface area is 195 Å². The molecule has 0 saturated heterocycles. The largest absolute Gasteiger partial charge is 0.298 e. The van der Waals surface area contributed by atoms with Gasteiger partial charge in [-0.25, -0.2) is 4.98 Å². The maximum Gasteiger partial charge on any atom is 0.150 e. The summed E-state index contributed by atoms with van der Waals surface area (Å²) in [4.78, 5) is 16.6. The Morgan fingerprint density at radius 3 is 1.50 bits per heavy atom. The summed E-state index contributed by atoms with van der Waals surface area (Å²) in [7, 11) is 0. The summed E-state index contributed by atoms with van der Waals surface area (Å²) in [6, 6.07) is 37.1. The van der Waals surface area contributed by atoms with Gasteiger partial charge in [0.25, 0.3) is 0 Å². The summed E-state index contributed by atoms with van der Waals surface area (Å²) >= 11 is 0. The molecule has 3 heterocycles. The van der Waals surface area contributed by atoms with Crippen LogP contribution in [0.15, 0.2) is 109 Å². The van der Waals surface area contributed by atoms with Crippen LogP contribution >= 0.6 is 0 Å². The molecule has 0 saturated carbocycles. The second-order valence-electron chi connectivity index (χ2n) is 8.47. The first-order valence-electron chi connectivity index (χ1n) is 11.3. The van der Waals surface area contributed by atoms with Crippen molar-refractivity contribution < 1.29 is 4.79 Å². The van der Waals surface area contributed by atoms with Crippen LogP contribution in [0.3, 0.4) is 0 Å². The normalized spacial score (nSPS) is 11.6. The highest BCUT2D eigenvalue weighted by atomic mass is 16.1. The highest BCUT2D eigenvalue weighted by Crippen LogP contribution is 2.34. The number of aldehydes is 1. The molecule has 4 aromatic carbocycles. The standard InChI is InChI=1S/C30H19N3O/c34-19-20-16-17-28-24(18-20)23-10-3-6-13-27(23)33(28)30-15-7-14-29(31-30)32-25-11-4-1-8-21(25)22-9-2-5-12-26(22)32/h1-19H. The minimum atomic E-state index is 0.669. The third-order valence-electron chi connectivity index (χ3n) is 6.59. The Kier molecular flexibility index (Phi) is 3.96. The molecule has 0 aliphatic carbocycles. The molecule has 160 valence electrons. The Balaban J connectivity index is 1.54. The number of fused-ring (bicyclic) bond motifs is 6. The second kappa shape index (κ2) is 7.15. The lowest BCUT2D eigenvalue weighted by Gasteiger charge is -2.11. The number of aromatic nitrogens is 3. The summed E-state index contributed by atoms with van der Waals surface area (Å²) in [6.07, 6.45) is 0.896. The van der Waals surface area contributed by atoms with E-state index in [2.05, 4.69) is 81.9 Å².